The summed E-state index contributed by atoms with van der Waals surface area (Å²) in [5.74, 6) is 5.71. The van der Waals surface area contributed by atoms with Crippen LogP contribution >= 0.6 is 11.6 Å². The number of hydrogen-bond acceptors (Lipinski definition) is 3. The number of hydrazine groups is 1. The van der Waals surface area contributed by atoms with Gasteiger partial charge >= 0.3 is 0 Å². The molecule has 20 heavy (non-hydrogen) atoms. The molecule has 2 atom stereocenters. The average Bonchev–Trinajstić information content (AvgIpc) is 2.48. The summed E-state index contributed by atoms with van der Waals surface area (Å²) in [6.07, 6.45) is 0.630. The van der Waals surface area contributed by atoms with Gasteiger partial charge in [0.05, 0.1) is 12.1 Å². The highest BCUT2D eigenvalue weighted by Gasteiger charge is 2.22. The Bertz CT molecular complexity index is 533. The maximum absolute atomic E-state index is 6.02. The van der Waals surface area contributed by atoms with Crippen LogP contribution < -0.4 is 11.3 Å². The Morgan fingerprint density at radius 1 is 1.15 bits per heavy atom. The van der Waals surface area contributed by atoms with Gasteiger partial charge in [0.1, 0.15) is 0 Å². The van der Waals surface area contributed by atoms with Gasteiger partial charge in [-0.2, -0.15) is 0 Å². The van der Waals surface area contributed by atoms with Crippen molar-refractivity contribution in [2.75, 3.05) is 7.11 Å². The summed E-state index contributed by atoms with van der Waals surface area (Å²) in [6, 6.07) is 17.8. The lowest BCUT2D eigenvalue weighted by Gasteiger charge is -2.26. The van der Waals surface area contributed by atoms with Crippen LogP contribution in [0.15, 0.2) is 54.6 Å². The van der Waals surface area contributed by atoms with Crippen LogP contribution in [0.5, 0.6) is 0 Å². The normalized spacial score (nSPS) is 13.9. The van der Waals surface area contributed by atoms with Crippen LogP contribution in [0.2, 0.25) is 5.02 Å². The molecular formula is C16H19ClN2O. The number of nitrogens with one attached hydrogen (secondary N) is 1. The van der Waals surface area contributed by atoms with Crippen molar-refractivity contribution >= 4 is 11.6 Å². The number of halogens is 1. The molecule has 4 heteroatoms. The molecule has 0 bridgehead atoms. The first-order valence-electron chi connectivity index (χ1n) is 6.53. The molecule has 0 aliphatic heterocycles. The zero-order valence-corrected chi connectivity index (χ0v) is 12.2. The number of benzene rings is 2. The molecule has 0 spiro atoms. The third kappa shape index (κ3) is 3.81. The molecule has 0 saturated heterocycles. The van der Waals surface area contributed by atoms with Gasteiger partial charge in [-0.15, -0.1) is 0 Å². The van der Waals surface area contributed by atoms with Gasteiger partial charge in [0, 0.05) is 12.1 Å². The summed E-state index contributed by atoms with van der Waals surface area (Å²) >= 11 is 6.02. The van der Waals surface area contributed by atoms with E-state index in [2.05, 4.69) is 5.43 Å². The summed E-state index contributed by atoms with van der Waals surface area (Å²) in [7, 11) is 1.69. The molecule has 3 N–H and O–H groups in total. The van der Waals surface area contributed by atoms with E-state index in [-0.39, 0.29) is 12.1 Å². The van der Waals surface area contributed by atoms with Crippen LogP contribution in [0, 0.1) is 0 Å². The summed E-state index contributed by atoms with van der Waals surface area (Å²) in [6.45, 7) is 0. The van der Waals surface area contributed by atoms with Crippen LogP contribution in [0.4, 0.5) is 0 Å². The van der Waals surface area contributed by atoms with E-state index in [1.807, 2.05) is 54.6 Å². The van der Waals surface area contributed by atoms with Gasteiger partial charge in [0.15, 0.2) is 0 Å². The van der Waals surface area contributed by atoms with Crippen molar-refractivity contribution < 1.29 is 4.74 Å². The molecule has 0 aliphatic carbocycles. The largest absolute Gasteiger partial charge is 0.375 e. The second-order valence-electron chi connectivity index (χ2n) is 4.67. The first kappa shape index (κ1) is 15.0. The Balaban J connectivity index is 2.18. The van der Waals surface area contributed by atoms with Crippen molar-refractivity contribution in [1.82, 2.24) is 5.43 Å². The minimum Gasteiger partial charge on any atom is -0.375 e. The van der Waals surface area contributed by atoms with Gasteiger partial charge in [-0.05, 0) is 29.7 Å². The fourth-order valence-corrected chi connectivity index (χ4v) is 2.56. The second-order valence-corrected chi connectivity index (χ2v) is 5.11. The van der Waals surface area contributed by atoms with Gasteiger partial charge in [-0.3, -0.25) is 11.3 Å². The zero-order valence-electron chi connectivity index (χ0n) is 11.4. The Labute approximate surface area is 124 Å². The third-order valence-electron chi connectivity index (χ3n) is 3.31. The molecule has 2 aromatic rings. The van der Waals surface area contributed by atoms with E-state index in [1.165, 1.54) is 0 Å². The van der Waals surface area contributed by atoms with Crippen molar-refractivity contribution in [3.05, 3.63) is 70.7 Å². The third-order valence-corrected chi connectivity index (χ3v) is 3.54. The SMILES string of the molecule is COC(c1ccccc1)C(Cc1cccc(Cl)c1)NN. The fourth-order valence-electron chi connectivity index (χ4n) is 2.35. The van der Waals surface area contributed by atoms with E-state index in [0.29, 0.717) is 0 Å². The van der Waals surface area contributed by atoms with E-state index >= 15 is 0 Å². The van der Waals surface area contributed by atoms with Gasteiger partial charge in [-0.1, -0.05) is 54.1 Å². The summed E-state index contributed by atoms with van der Waals surface area (Å²) in [5, 5.41) is 0.729. The van der Waals surface area contributed by atoms with Crippen LogP contribution in [0.1, 0.15) is 17.2 Å². The van der Waals surface area contributed by atoms with Crippen molar-refractivity contribution in [3.63, 3.8) is 0 Å². The van der Waals surface area contributed by atoms with Crippen LogP contribution in [-0.2, 0) is 11.2 Å². The fraction of sp³-hybridized carbons (Fsp3) is 0.250. The summed E-state index contributed by atoms with van der Waals surface area (Å²) in [4.78, 5) is 0. The minimum atomic E-state index is -0.111. The predicted octanol–water partition coefficient (Wildman–Crippen LogP) is 3.10. The maximum atomic E-state index is 6.02. The molecule has 0 aliphatic rings. The number of hydrogen-bond donors (Lipinski definition) is 2. The second kappa shape index (κ2) is 7.41. The Morgan fingerprint density at radius 3 is 2.50 bits per heavy atom. The molecule has 0 saturated carbocycles. The first-order chi connectivity index (χ1) is 9.74. The highest BCUT2D eigenvalue weighted by Crippen LogP contribution is 2.23. The standard InChI is InChI=1S/C16H19ClN2O/c1-20-16(13-7-3-2-4-8-13)15(19-18)11-12-6-5-9-14(17)10-12/h2-10,15-16,19H,11,18H2,1H3. The average molecular weight is 291 g/mol. The number of ether oxygens (including phenoxy) is 1. The van der Waals surface area contributed by atoms with E-state index in [1.54, 1.807) is 7.11 Å². The molecule has 106 valence electrons. The Morgan fingerprint density at radius 2 is 1.90 bits per heavy atom. The molecule has 3 nitrogen and oxygen atoms in total. The molecule has 0 heterocycles. The first-order valence-corrected chi connectivity index (χ1v) is 6.90. The molecule has 0 radical (unpaired) electrons. The van der Waals surface area contributed by atoms with Gasteiger partial charge in [-0.25, -0.2) is 0 Å². The Kier molecular flexibility index (Phi) is 5.56. The van der Waals surface area contributed by atoms with E-state index < -0.39 is 0 Å². The van der Waals surface area contributed by atoms with Crippen molar-refractivity contribution in [2.24, 2.45) is 5.84 Å². The van der Waals surface area contributed by atoms with Crippen LogP contribution in [-0.4, -0.2) is 13.2 Å². The van der Waals surface area contributed by atoms with Gasteiger partial charge in [0.2, 0.25) is 0 Å². The molecule has 2 rings (SSSR count). The maximum Gasteiger partial charge on any atom is 0.0990 e. The van der Waals surface area contributed by atoms with E-state index in [9.17, 15) is 0 Å². The quantitative estimate of drug-likeness (QED) is 0.635. The lowest BCUT2D eigenvalue weighted by molar-refractivity contribution is 0.0679. The lowest BCUT2D eigenvalue weighted by atomic mass is 9.96. The molecule has 0 aromatic heterocycles. The van der Waals surface area contributed by atoms with E-state index in [4.69, 9.17) is 22.2 Å². The Hall–Kier alpha value is -1.39. The lowest BCUT2D eigenvalue weighted by Crippen LogP contribution is -2.42. The summed E-state index contributed by atoms with van der Waals surface area (Å²) < 4.78 is 5.62. The van der Waals surface area contributed by atoms with Crippen molar-refractivity contribution in [3.8, 4) is 0 Å². The van der Waals surface area contributed by atoms with Gasteiger partial charge in [0.25, 0.3) is 0 Å². The minimum absolute atomic E-state index is 0.0270. The number of rotatable bonds is 6. The molecule has 0 fully saturated rings. The summed E-state index contributed by atoms with van der Waals surface area (Å²) in [5.41, 5.74) is 5.07. The molecule has 2 unspecified atom stereocenters. The van der Waals surface area contributed by atoms with Crippen molar-refractivity contribution in [2.45, 2.75) is 18.6 Å². The molecular weight excluding hydrogens is 272 g/mol. The molecule has 0 amide bonds. The monoisotopic (exact) mass is 290 g/mol. The van der Waals surface area contributed by atoms with Gasteiger partial charge < -0.3 is 4.74 Å². The predicted molar refractivity (Wildman–Crippen MR) is 82.5 cm³/mol. The number of methoxy groups -OCH3 is 1. The molecule has 2 aromatic carbocycles. The van der Waals surface area contributed by atoms with Crippen LogP contribution in [0.25, 0.3) is 0 Å². The smallest absolute Gasteiger partial charge is 0.0990 e. The highest BCUT2D eigenvalue weighted by molar-refractivity contribution is 6.30. The topological polar surface area (TPSA) is 47.3 Å². The van der Waals surface area contributed by atoms with E-state index in [0.717, 1.165) is 22.6 Å². The highest BCUT2D eigenvalue weighted by atomic mass is 35.5. The zero-order chi connectivity index (χ0) is 14.4. The van der Waals surface area contributed by atoms with Crippen molar-refractivity contribution in [1.29, 1.82) is 0 Å². The number of nitrogens with two attached hydrogens (primary N) is 1. The van der Waals surface area contributed by atoms with Crippen LogP contribution in [0.3, 0.4) is 0 Å².